The highest BCUT2D eigenvalue weighted by Gasteiger charge is 2.08. The summed E-state index contributed by atoms with van der Waals surface area (Å²) in [4.78, 5) is 12.2. The average molecular weight is 332 g/mol. The van der Waals surface area contributed by atoms with Crippen LogP contribution in [-0.4, -0.2) is 39.7 Å². The fourth-order valence-corrected chi connectivity index (χ4v) is 2.05. The zero-order valence-electron chi connectivity index (χ0n) is 11.4. The van der Waals surface area contributed by atoms with Gasteiger partial charge in [0, 0.05) is 10.0 Å². The van der Waals surface area contributed by atoms with E-state index in [0.29, 0.717) is 0 Å². The van der Waals surface area contributed by atoms with Crippen LogP contribution in [0.15, 0.2) is 22.7 Å². The lowest BCUT2D eigenvalue weighted by Gasteiger charge is -2.11. The number of primary amides is 1. The number of nitrogens with one attached hydrogen (secondary N) is 1. The van der Waals surface area contributed by atoms with Gasteiger partial charge in [0.15, 0.2) is 6.61 Å². The number of hydrogen-bond donors (Lipinski definition) is 3. The third-order valence-corrected chi connectivity index (χ3v) is 3.10. The minimum Gasteiger partial charge on any atom is -0.483 e. The van der Waals surface area contributed by atoms with Gasteiger partial charge in [-0.1, -0.05) is 15.9 Å². The largest absolute Gasteiger partial charge is 0.483 e. The van der Waals surface area contributed by atoms with Crippen LogP contribution in [0, 0.1) is 0 Å². The molecule has 0 aromatic heterocycles. The van der Waals surface area contributed by atoms with Crippen molar-refractivity contribution >= 4 is 21.8 Å². The molecule has 19 heavy (non-hydrogen) atoms. The molecule has 1 amide bonds. The van der Waals surface area contributed by atoms with E-state index in [1.54, 1.807) is 0 Å². The predicted molar refractivity (Wildman–Crippen MR) is 77.0 cm³/mol. The van der Waals surface area contributed by atoms with Crippen molar-refractivity contribution in [1.29, 1.82) is 0 Å². The Bertz CT molecular complexity index is 424. The molecule has 0 aliphatic heterocycles. The van der Waals surface area contributed by atoms with Gasteiger partial charge in [-0.2, -0.15) is 0 Å². The maximum Gasteiger partial charge on any atom is 0.255 e. The normalized spacial score (nSPS) is 10.7. The topological polar surface area (TPSA) is 73.4 Å². The van der Waals surface area contributed by atoms with Gasteiger partial charge in [0.1, 0.15) is 25.4 Å². The molecule has 6 heteroatoms. The Hall–Kier alpha value is -1.11. The number of halogens is 1. The average Bonchev–Trinajstić information content (AvgIpc) is 2.33. The Labute approximate surface area is 122 Å². The van der Waals surface area contributed by atoms with E-state index in [4.69, 9.17) is 10.5 Å². The van der Waals surface area contributed by atoms with Crippen LogP contribution in [0.1, 0.15) is 5.56 Å². The van der Waals surface area contributed by atoms with Crippen molar-refractivity contribution in [2.75, 3.05) is 33.8 Å². The number of amides is 1. The molecule has 0 saturated heterocycles. The Morgan fingerprint density at radius 3 is 2.84 bits per heavy atom. The molecule has 106 valence electrons. The highest BCUT2D eigenvalue weighted by atomic mass is 79.9. The van der Waals surface area contributed by atoms with Crippen LogP contribution < -0.4 is 20.7 Å². The minimum absolute atomic E-state index is 0.0868. The summed E-state index contributed by atoms with van der Waals surface area (Å²) in [6.07, 6.45) is 0. The van der Waals surface area contributed by atoms with Gasteiger partial charge in [0.05, 0.1) is 14.1 Å². The first-order valence-electron chi connectivity index (χ1n) is 6.29. The van der Waals surface area contributed by atoms with E-state index in [2.05, 4.69) is 35.3 Å². The van der Waals surface area contributed by atoms with Crippen molar-refractivity contribution in [3.8, 4) is 5.75 Å². The summed E-state index contributed by atoms with van der Waals surface area (Å²) >= 11 is 3.44. The molecule has 1 rings (SSSR count). The Balaban J connectivity index is 2.58. The summed E-state index contributed by atoms with van der Waals surface area (Å²) in [5.74, 6) is 0.254. The minimum atomic E-state index is -0.464. The Kier molecular flexibility index (Phi) is 6.83. The van der Waals surface area contributed by atoms with Crippen molar-refractivity contribution in [2.24, 2.45) is 5.73 Å². The maximum absolute atomic E-state index is 10.8. The van der Waals surface area contributed by atoms with Crippen molar-refractivity contribution in [3.05, 3.63) is 28.2 Å². The number of quaternary nitrogens is 2. The fraction of sp³-hybridized carbons (Fsp3) is 0.462. The second-order valence-electron chi connectivity index (χ2n) is 4.75. The van der Waals surface area contributed by atoms with E-state index in [-0.39, 0.29) is 6.61 Å². The number of benzene rings is 1. The predicted octanol–water partition coefficient (Wildman–Crippen LogP) is -1.48. The van der Waals surface area contributed by atoms with Crippen molar-refractivity contribution in [2.45, 2.75) is 6.54 Å². The SMILES string of the molecule is C[NH+](C)CC[NH2+]Cc1cc(Br)ccc1OCC(N)=O. The van der Waals surface area contributed by atoms with E-state index in [1.807, 2.05) is 18.2 Å². The molecule has 0 saturated carbocycles. The third-order valence-electron chi connectivity index (χ3n) is 2.61. The molecule has 5 nitrogen and oxygen atoms in total. The zero-order valence-corrected chi connectivity index (χ0v) is 13.0. The van der Waals surface area contributed by atoms with Crippen LogP contribution in [0.3, 0.4) is 0 Å². The molecule has 0 aliphatic carbocycles. The summed E-state index contributed by atoms with van der Waals surface area (Å²) in [7, 11) is 4.27. The third kappa shape index (κ3) is 6.56. The maximum atomic E-state index is 10.8. The summed E-state index contributed by atoms with van der Waals surface area (Å²) in [5, 5.41) is 2.23. The van der Waals surface area contributed by atoms with Gasteiger partial charge in [-0.25, -0.2) is 0 Å². The van der Waals surface area contributed by atoms with Crippen molar-refractivity contribution < 1.29 is 19.7 Å². The number of likely N-dealkylation sites (N-methyl/N-ethyl adjacent to an activating group) is 1. The highest BCUT2D eigenvalue weighted by Crippen LogP contribution is 2.22. The zero-order chi connectivity index (χ0) is 14.3. The monoisotopic (exact) mass is 331 g/mol. The lowest BCUT2D eigenvalue weighted by Crippen LogP contribution is -3.09. The molecule has 0 radical (unpaired) electrons. The van der Waals surface area contributed by atoms with Gasteiger partial charge < -0.3 is 20.7 Å². The van der Waals surface area contributed by atoms with E-state index in [0.717, 1.165) is 35.4 Å². The smallest absolute Gasteiger partial charge is 0.255 e. The molecule has 0 aliphatic rings. The Morgan fingerprint density at radius 1 is 1.47 bits per heavy atom. The van der Waals surface area contributed by atoms with Gasteiger partial charge in [0.25, 0.3) is 5.91 Å². The molecule has 0 spiro atoms. The molecule has 0 atom stereocenters. The van der Waals surface area contributed by atoms with Gasteiger partial charge in [-0.3, -0.25) is 4.79 Å². The number of nitrogens with two attached hydrogens (primary N) is 2. The quantitative estimate of drug-likeness (QED) is 0.508. The first-order chi connectivity index (χ1) is 8.99. The number of carbonyl (C=O) groups is 1. The summed E-state index contributed by atoms with van der Waals surface area (Å²) in [5.41, 5.74) is 6.15. The number of ether oxygens (including phenoxy) is 1. The van der Waals surface area contributed by atoms with Crippen molar-refractivity contribution in [1.82, 2.24) is 0 Å². The van der Waals surface area contributed by atoms with Crippen LogP contribution in [0.25, 0.3) is 0 Å². The van der Waals surface area contributed by atoms with Crippen LogP contribution >= 0.6 is 15.9 Å². The van der Waals surface area contributed by atoms with Crippen LogP contribution in [0.2, 0.25) is 0 Å². The van der Waals surface area contributed by atoms with Gasteiger partial charge >= 0.3 is 0 Å². The summed E-state index contributed by atoms with van der Waals surface area (Å²) < 4.78 is 6.41. The van der Waals surface area contributed by atoms with E-state index < -0.39 is 5.91 Å². The first-order valence-corrected chi connectivity index (χ1v) is 7.08. The van der Waals surface area contributed by atoms with Gasteiger partial charge in [0.2, 0.25) is 0 Å². The summed E-state index contributed by atoms with van der Waals surface area (Å²) in [6, 6.07) is 5.76. The molecule has 1 aromatic rings. The molecule has 5 N–H and O–H groups in total. The molecule has 0 fully saturated rings. The molecule has 0 unspecified atom stereocenters. The second-order valence-corrected chi connectivity index (χ2v) is 5.66. The van der Waals surface area contributed by atoms with E-state index in [1.165, 1.54) is 4.90 Å². The first kappa shape index (κ1) is 15.9. The highest BCUT2D eigenvalue weighted by molar-refractivity contribution is 9.10. The van der Waals surface area contributed by atoms with Gasteiger partial charge in [-0.05, 0) is 18.2 Å². The molecule has 0 heterocycles. The van der Waals surface area contributed by atoms with Crippen LogP contribution in [0.5, 0.6) is 5.75 Å². The second kappa shape index (κ2) is 8.14. The molecule has 1 aromatic carbocycles. The van der Waals surface area contributed by atoms with E-state index in [9.17, 15) is 4.79 Å². The number of hydrogen-bond acceptors (Lipinski definition) is 2. The van der Waals surface area contributed by atoms with Gasteiger partial charge in [-0.15, -0.1) is 0 Å². The lowest BCUT2D eigenvalue weighted by molar-refractivity contribution is -0.875. The van der Waals surface area contributed by atoms with Crippen LogP contribution in [-0.2, 0) is 11.3 Å². The summed E-state index contributed by atoms with van der Waals surface area (Å²) in [6.45, 7) is 2.88. The Morgan fingerprint density at radius 2 is 2.21 bits per heavy atom. The molecule has 0 bridgehead atoms. The standard InChI is InChI=1S/C13H20BrN3O2/c1-17(2)6-5-16-8-10-7-11(14)3-4-12(10)19-9-13(15)18/h3-4,7,16H,5-6,8-9H2,1-2H3,(H2,15,18)/p+2. The van der Waals surface area contributed by atoms with E-state index >= 15 is 0 Å². The molecular weight excluding hydrogens is 310 g/mol. The van der Waals surface area contributed by atoms with Crippen LogP contribution in [0.4, 0.5) is 0 Å². The number of rotatable bonds is 8. The fourth-order valence-electron chi connectivity index (χ4n) is 1.65. The number of carbonyl (C=O) groups excluding carboxylic acids is 1. The molecular formula is C13H22BrN3O2+2. The lowest BCUT2D eigenvalue weighted by atomic mass is 10.2. The van der Waals surface area contributed by atoms with Crippen molar-refractivity contribution in [3.63, 3.8) is 0 Å².